The van der Waals surface area contributed by atoms with E-state index in [0.717, 1.165) is 30.3 Å². The summed E-state index contributed by atoms with van der Waals surface area (Å²) in [5.41, 5.74) is -0.443. The van der Waals surface area contributed by atoms with Gasteiger partial charge < -0.3 is 9.64 Å². The molecule has 0 spiro atoms. The van der Waals surface area contributed by atoms with E-state index in [9.17, 15) is 4.79 Å². The summed E-state index contributed by atoms with van der Waals surface area (Å²) in [6.07, 6.45) is 2.23. The number of hydrogen-bond donors (Lipinski definition) is 0. The highest BCUT2D eigenvalue weighted by Crippen LogP contribution is 2.26. The molecule has 1 aliphatic heterocycles. The maximum absolute atomic E-state index is 12.0. The first-order chi connectivity index (χ1) is 9.83. The van der Waals surface area contributed by atoms with E-state index in [0.29, 0.717) is 11.1 Å². The zero-order valence-electron chi connectivity index (χ0n) is 12.5. The normalized spacial score (nSPS) is 18.9. The topological polar surface area (TPSA) is 55.3 Å². The number of halogens is 1. The summed E-state index contributed by atoms with van der Waals surface area (Å²) in [6, 6.07) is 1.76. The Morgan fingerprint density at radius 2 is 2.29 bits per heavy atom. The summed E-state index contributed by atoms with van der Waals surface area (Å²) in [5.74, 6) is 1.36. The minimum Gasteiger partial charge on any atom is -0.444 e. The van der Waals surface area contributed by atoms with Crippen LogP contribution in [0.4, 0.5) is 4.79 Å². The average Bonchev–Trinajstić information content (AvgIpc) is 2.83. The molecule has 1 aromatic heterocycles. The Kier molecular flexibility index (Phi) is 5.32. The Bertz CT molecular complexity index is 507. The Morgan fingerprint density at radius 3 is 2.95 bits per heavy atom. The Morgan fingerprint density at radius 1 is 1.52 bits per heavy atom. The monoisotopic (exact) mass is 329 g/mol. The Balaban J connectivity index is 1.79. The molecule has 2 rings (SSSR count). The van der Waals surface area contributed by atoms with Crippen molar-refractivity contribution in [3.8, 4) is 0 Å². The van der Waals surface area contributed by atoms with Gasteiger partial charge in [0.1, 0.15) is 22.1 Å². The van der Waals surface area contributed by atoms with Crippen LogP contribution in [0.2, 0.25) is 5.15 Å². The molecule has 21 heavy (non-hydrogen) atoms. The second-order valence-electron chi connectivity index (χ2n) is 6.07. The molecule has 1 aliphatic rings. The van der Waals surface area contributed by atoms with Gasteiger partial charge >= 0.3 is 6.09 Å². The van der Waals surface area contributed by atoms with Gasteiger partial charge in [-0.05, 0) is 33.1 Å². The molecule has 116 valence electrons. The van der Waals surface area contributed by atoms with E-state index in [2.05, 4.69) is 9.97 Å². The van der Waals surface area contributed by atoms with Crippen molar-refractivity contribution in [3.63, 3.8) is 0 Å². The third-order valence-electron chi connectivity index (χ3n) is 3.01. The zero-order valence-corrected chi connectivity index (χ0v) is 14.1. The molecule has 2 heterocycles. The molecule has 0 bridgehead atoms. The first-order valence-corrected chi connectivity index (χ1v) is 8.28. The predicted molar refractivity (Wildman–Crippen MR) is 83.7 cm³/mol. The van der Waals surface area contributed by atoms with Crippen molar-refractivity contribution in [1.82, 2.24) is 14.9 Å². The number of rotatable bonds is 3. The summed E-state index contributed by atoms with van der Waals surface area (Å²) in [6.45, 7) is 7.14. The van der Waals surface area contributed by atoms with Gasteiger partial charge in [0.2, 0.25) is 0 Å². The van der Waals surface area contributed by atoms with Crippen LogP contribution in [0, 0.1) is 5.92 Å². The smallest absolute Gasteiger partial charge is 0.410 e. The highest BCUT2D eigenvalue weighted by Gasteiger charge is 2.29. The molecular formula is C14H20ClN3O2S. The predicted octanol–water partition coefficient (Wildman–Crippen LogP) is 3.48. The highest BCUT2D eigenvalue weighted by atomic mass is 35.5. The molecule has 1 saturated heterocycles. The molecule has 0 aromatic carbocycles. The van der Waals surface area contributed by atoms with Gasteiger partial charge in [-0.1, -0.05) is 11.6 Å². The van der Waals surface area contributed by atoms with Gasteiger partial charge in [-0.3, -0.25) is 0 Å². The SMILES string of the molecule is CC(C)(C)OC(=O)N1CC[C@H](CSc2cc(Cl)ncn2)C1. The van der Waals surface area contributed by atoms with Gasteiger partial charge in [-0.25, -0.2) is 14.8 Å². The number of thioether (sulfide) groups is 1. The molecule has 1 fully saturated rings. The number of carbonyl (C=O) groups excluding carboxylic acids is 1. The second-order valence-corrected chi connectivity index (χ2v) is 7.50. The molecule has 0 radical (unpaired) electrons. The molecule has 1 amide bonds. The van der Waals surface area contributed by atoms with Crippen molar-refractivity contribution in [1.29, 1.82) is 0 Å². The van der Waals surface area contributed by atoms with Crippen LogP contribution in [0.1, 0.15) is 27.2 Å². The summed E-state index contributed by atoms with van der Waals surface area (Å²) < 4.78 is 5.39. The van der Waals surface area contributed by atoms with Crippen molar-refractivity contribution >= 4 is 29.5 Å². The highest BCUT2D eigenvalue weighted by molar-refractivity contribution is 7.99. The lowest BCUT2D eigenvalue weighted by molar-refractivity contribution is 0.0289. The van der Waals surface area contributed by atoms with E-state index in [1.165, 1.54) is 6.33 Å². The molecule has 0 saturated carbocycles. The number of nitrogens with zero attached hydrogens (tertiary/aromatic N) is 3. The Labute approximate surface area is 134 Å². The minimum atomic E-state index is -0.443. The second kappa shape index (κ2) is 6.83. The van der Waals surface area contributed by atoms with Crippen molar-refractivity contribution in [3.05, 3.63) is 17.5 Å². The van der Waals surface area contributed by atoms with E-state index < -0.39 is 5.60 Å². The van der Waals surface area contributed by atoms with Crippen molar-refractivity contribution in [2.24, 2.45) is 5.92 Å². The van der Waals surface area contributed by atoms with Crippen LogP contribution >= 0.6 is 23.4 Å². The largest absolute Gasteiger partial charge is 0.444 e. The fourth-order valence-corrected chi connectivity index (χ4v) is 3.27. The quantitative estimate of drug-likeness (QED) is 0.627. The lowest BCUT2D eigenvalue weighted by Crippen LogP contribution is -2.35. The van der Waals surface area contributed by atoms with Gasteiger partial charge in [0.25, 0.3) is 0 Å². The first-order valence-electron chi connectivity index (χ1n) is 6.92. The third-order valence-corrected chi connectivity index (χ3v) is 4.38. The number of carbonyl (C=O) groups is 1. The van der Waals surface area contributed by atoms with E-state index in [1.807, 2.05) is 20.8 Å². The molecule has 0 unspecified atom stereocenters. The Hall–Kier alpha value is -1.01. The fourth-order valence-electron chi connectivity index (χ4n) is 2.06. The lowest BCUT2D eigenvalue weighted by Gasteiger charge is -2.24. The van der Waals surface area contributed by atoms with E-state index in [1.54, 1.807) is 22.7 Å². The molecule has 1 atom stereocenters. The van der Waals surface area contributed by atoms with Crippen molar-refractivity contribution in [2.75, 3.05) is 18.8 Å². The zero-order chi connectivity index (χ0) is 15.5. The number of aromatic nitrogens is 2. The maximum atomic E-state index is 12.0. The van der Waals surface area contributed by atoms with Crippen LogP contribution < -0.4 is 0 Å². The maximum Gasteiger partial charge on any atom is 0.410 e. The first kappa shape index (κ1) is 16.4. The van der Waals surface area contributed by atoms with Gasteiger partial charge in [0, 0.05) is 24.9 Å². The van der Waals surface area contributed by atoms with Gasteiger partial charge in [0.15, 0.2) is 0 Å². The molecule has 0 aliphatic carbocycles. The standard InChI is InChI=1S/C14H20ClN3O2S/c1-14(2,3)20-13(19)18-5-4-10(7-18)8-21-12-6-11(15)16-9-17-12/h6,9-10H,4-5,7-8H2,1-3H3/t10-/m0/s1. The number of hydrogen-bond acceptors (Lipinski definition) is 5. The molecule has 7 heteroatoms. The van der Waals surface area contributed by atoms with Crippen LogP contribution in [0.3, 0.4) is 0 Å². The molecule has 1 aromatic rings. The van der Waals surface area contributed by atoms with Crippen LogP contribution in [0.25, 0.3) is 0 Å². The van der Waals surface area contributed by atoms with Crippen molar-refractivity contribution in [2.45, 2.75) is 37.8 Å². The summed E-state index contributed by atoms with van der Waals surface area (Å²) >= 11 is 7.48. The molecular weight excluding hydrogens is 310 g/mol. The van der Waals surface area contributed by atoms with Gasteiger partial charge in [0.05, 0.1) is 0 Å². The fraction of sp³-hybridized carbons (Fsp3) is 0.643. The van der Waals surface area contributed by atoms with E-state index in [4.69, 9.17) is 16.3 Å². The number of amides is 1. The van der Waals surface area contributed by atoms with Gasteiger partial charge in [-0.15, -0.1) is 11.8 Å². The third kappa shape index (κ3) is 5.36. The summed E-state index contributed by atoms with van der Waals surface area (Å²) in [7, 11) is 0. The van der Waals surface area contributed by atoms with Crippen LogP contribution in [-0.4, -0.2) is 45.4 Å². The summed E-state index contributed by atoms with van der Waals surface area (Å²) in [4.78, 5) is 21.8. The molecule has 5 nitrogen and oxygen atoms in total. The van der Waals surface area contributed by atoms with Crippen LogP contribution in [-0.2, 0) is 4.74 Å². The molecule has 0 N–H and O–H groups in total. The summed E-state index contributed by atoms with van der Waals surface area (Å²) in [5, 5.41) is 1.32. The van der Waals surface area contributed by atoms with Crippen LogP contribution in [0.5, 0.6) is 0 Å². The van der Waals surface area contributed by atoms with Crippen molar-refractivity contribution < 1.29 is 9.53 Å². The van der Waals surface area contributed by atoms with Crippen LogP contribution in [0.15, 0.2) is 17.4 Å². The minimum absolute atomic E-state index is 0.222. The number of likely N-dealkylation sites (tertiary alicyclic amines) is 1. The van der Waals surface area contributed by atoms with E-state index >= 15 is 0 Å². The number of ether oxygens (including phenoxy) is 1. The van der Waals surface area contributed by atoms with Gasteiger partial charge in [-0.2, -0.15) is 0 Å². The average molecular weight is 330 g/mol. The lowest BCUT2D eigenvalue weighted by atomic mass is 10.2. The van der Waals surface area contributed by atoms with E-state index in [-0.39, 0.29) is 6.09 Å².